The molecule has 4 aliphatic carbocycles. The maximum absolute atomic E-state index is 11.5. The molecule has 16 heavy (non-hydrogen) atoms. The second-order valence-electron chi connectivity index (χ2n) is 5.88. The van der Waals surface area contributed by atoms with Crippen LogP contribution in [0.1, 0.15) is 32.1 Å². The Morgan fingerprint density at radius 2 is 1.56 bits per heavy atom. The van der Waals surface area contributed by atoms with Gasteiger partial charge >= 0.3 is 11.9 Å². The molecule has 4 bridgehead atoms. The lowest BCUT2D eigenvalue weighted by Gasteiger charge is -2.57. The normalized spacial score (nSPS) is 49.2. The smallest absolute Gasteiger partial charge is 0.310 e. The van der Waals surface area contributed by atoms with Crippen LogP contribution in [-0.4, -0.2) is 22.2 Å². The summed E-state index contributed by atoms with van der Waals surface area (Å²) < 4.78 is 0. The molecule has 0 aromatic rings. The molecule has 0 amide bonds. The number of rotatable bonds is 2. The molecule has 4 rings (SSSR count). The van der Waals surface area contributed by atoms with E-state index in [1.54, 1.807) is 0 Å². The minimum Gasteiger partial charge on any atom is -0.481 e. The van der Waals surface area contributed by atoms with Gasteiger partial charge in [0.2, 0.25) is 0 Å². The van der Waals surface area contributed by atoms with Crippen molar-refractivity contribution in [2.75, 3.05) is 0 Å². The first-order chi connectivity index (χ1) is 7.53. The zero-order valence-corrected chi connectivity index (χ0v) is 9.06. The maximum Gasteiger partial charge on any atom is 0.310 e. The van der Waals surface area contributed by atoms with E-state index in [4.69, 9.17) is 0 Å². The second-order valence-corrected chi connectivity index (χ2v) is 5.88. The molecule has 0 saturated heterocycles. The lowest BCUT2D eigenvalue weighted by Crippen LogP contribution is -2.58. The molecule has 0 radical (unpaired) electrons. The SMILES string of the molecule is O=C(O)[C@H]1C2CC3CC(C2)CC1(C(=O)O)C3. The number of hydrogen-bond donors (Lipinski definition) is 2. The highest BCUT2D eigenvalue weighted by Crippen LogP contribution is 2.62. The Bertz CT molecular complexity index is 348. The predicted molar refractivity (Wildman–Crippen MR) is 54.7 cm³/mol. The Hall–Kier alpha value is -1.06. The van der Waals surface area contributed by atoms with Crippen molar-refractivity contribution >= 4 is 11.9 Å². The molecule has 2 unspecified atom stereocenters. The second kappa shape index (κ2) is 2.99. The summed E-state index contributed by atoms with van der Waals surface area (Å²) in [7, 11) is 0. The molecule has 88 valence electrons. The van der Waals surface area contributed by atoms with Crippen molar-refractivity contribution in [1.82, 2.24) is 0 Å². The molecule has 4 fully saturated rings. The maximum atomic E-state index is 11.5. The summed E-state index contributed by atoms with van der Waals surface area (Å²) in [6.07, 6.45) is 4.17. The minimum absolute atomic E-state index is 0.111. The summed E-state index contributed by atoms with van der Waals surface area (Å²) in [5.41, 5.74) is -0.944. The monoisotopic (exact) mass is 224 g/mol. The lowest BCUT2D eigenvalue weighted by atomic mass is 9.45. The fourth-order valence-corrected chi connectivity index (χ4v) is 4.79. The first-order valence-corrected chi connectivity index (χ1v) is 5.99. The van der Waals surface area contributed by atoms with E-state index >= 15 is 0 Å². The van der Waals surface area contributed by atoms with E-state index in [1.165, 1.54) is 0 Å². The van der Waals surface area contributed by atoms with Gasteiger partial charge in [-0.2, -0.15) is 0 Å². The molecule has 0 aliphatic heterocycles. The molecular formula is C12H16O4. The average Bonchev–Trinajstić information content (AvgIpc) is 2.14. The van der Waals surface area contributed by atoms with E-state index in [1.807, 2.05) is 0 Å². The van der Waals surface area contributed by atoms with Crippen molar-refractivity contribution in [3.63, 3.8) is 0 Å². The van der Waals surface area contributed by atoms with Crippen molar-refractivity contribution in [2.45, 2.75) is 32.1 Å². The fraction of sp³-hybridized carbons (Fsp3) is 0.833. The van der Waals surface area contributed by atoms with Gasteiger partial charge in [-0.05, 0) is 49.9 Å². The predicted octanol–water partition coefficient (Wildman–Crippen LogP) is 1.60. The molecule has 4 heteroatoms. The van der Waals surface area contributed by atoms with Crippen LogP contribution < -0.4 is 0 Å². The van der Waals surface area contributed by atoms with E-state index in [-0.39, 0.29) is 5.92 Å². The van der Waals surface area contributed by atoms with Crippen molar-refractivity contribution in [2.24, 2.45) is 29.1 Å². The highest BCUT2D eigenvalue weighted by atomic mass is 16.4. The number of carboxylic acids is 2. The van der Waals surface area contributed by atoms with Gasteiger partial charge in [0.1, 0.15) is 0 Å². The summed E-state index contributed by atoms with van der Waals surface area (Å²) in [4.78, 5) is 22.8. The fourth-order valence-electron chi connectivity index (χ4n) is 4.79. The van der Waals surface area contributed by atoms with Crippen LogP contribution in [0.15, 0.2) is 0 Å². The van der Waals surface area contributed by atoms with E-state index in [0.717, 1.165) is 19.3 Å². The molecule has 0 aromatic heterocycles. The number of carboxylic acid groups (broad SMARTS) is 2. The Balaban J connectivity index is 2.05. The highest BCUT2D eigenvalue weighted by molar-refractivity contribution is 5.84. The van der Waals surface area contributed by atoms with Crippen LogP contribution >= 0.6 is 0 Å². The largest absolute Gasteiger partial charge is 0.481 e. The molecule has 0 aromatic carbocycles. The van der Waals surface area contributed by atoms with Crippen molar-refractivity contribution < 1.29 is 19.8 Å². The van der Waals surface area contributed by atoms with Gasteiger partial charge in [0, 0.05) is 0 Å². The standard InChI is InChI=1S/C12H16O4/c13-10(14)9-8-2-6-1-7(3-8)5-12(9,4-6)11(15)16/h6-9H,1-5H2,(H,13,14)(H,15,16)/t6?,7?,8?,9-,12?/m1/s1. The quantitative estimate of drug-likeness (QED) is 0.747. The zero-order valence-electron chi connectivity index (χ0n) is 9.06. The molecular weight excluding hydrogens is 208 g/mol. The first-order valence-electron chi connectivity index (χ1n) is 5.99. The van der Waals surface area contributed by atoms with Gasteiger partial charge in [0.05, 0.1) is 11.3 Å². The summed E-state index contributed by atoms with van der Waals surface area (Å²) in [5.74, 6) is -1.38. The van der Waals surface area contributed by atoms with E-state index in [0.29, 0.717) is 24.7 Å². The topological polar surface area (TPSA) is 74.6 Å². The Labute approximate surface area is 93.6 Å². The Morgan fingerprint density at radius 1 is 1.00 bits per heavy atom. The third-order valence-electron chi connectivity index (χ3n) is 5.00. The van der Waals surface area contributed by atoms with Crippen LogP contribution in [0.25, 0.3) is 0 Å². The van der Waals surface area contributed by atoms with Crippen LogP contribution in [0.3, 0.4) is 0 Å². The van der Waals surface area contributed by atoms with Gasteiger partial charge < -0.3 is 10.2 Å². The van der Waals surface area contributed by atoms with Gasteiger partial charge in [-0.15, -0.1) is 0 Å². The first kappa shape index (κ1) is 10.1. The third kappa shape index (κ3) is 1.10. The Morgan fingerprint density at radius 3 is 2.00 bits per heavy atom. The van der Waals surface area contributed by atoms with Crippen molar-refractivity contribution in [3.8, 4) is 0 Å². The van der Waals surface area contributed by atoms with Crippen LogP contribution in [-0.2, 0) is 9.59 Å². The van der Waals surface area contributed by atoms with Gasteiger partial charge in [-0.3, -0.25) is 9.59 Å². The number of aliphatic carboxylic acids is 2. The number of hydrogen-bond acceptors (Lipinski definition) is 2. The van der Waals surface area contributed by atoms with Gasteiger partial charge in [0.15, 0.2) is 0 Å². The summed E-state index contributed by atoms with van der Waals surface area (Å²) in [5, 5.41) is 18.7. The van der Waals surface area contributed by atoms with Crippen molar-refractivity contribution in [1.29, 1.82) is 0 Å². The molecule has 2 N–H and O–H groups in total. The molecule has 4 saturated carbocycles. The van der Waals surface area contributed by atoms with E-state index in [2.05, 4.69) is 0 Å². The van der Waals surface area contributed by atoms with Crippen LogP contribution in [0.4, 0.5) is 0 Å². The van der Waals surface area contributed by atoms with Gasteiger partial charge in [0.25, 0.3) is 0 Å². The van der Waals surface area contributed by atoms with E-state index in [9.17, 15) is 19.8 Å². The average molecular weight is 224 g/mol. The van der Waals surface area contributed by atoms with Crippen LogP contribution in [0, 0.1) is 29.1 Å². The zero-order chi connectivity index (χ0) is 11.5. The lowest BCUT2D eigenvalue weighted by molar-refractivity contribution is -0.189. The molecule has 4 aliphatic rings. The number of carbonyl (C=O) groups is 2. The molecule has 0 spiro atoms. The summed E-state index contributed by atoms with van der Waals surface area (Å²) in [6.45, 7) is 0. The van der Waals surface area contributed by atoms with E-state index < -0.39 is 23.3 Å². The minimum atomic E-state index is -0.944. The summed E-state index contributed by atoms with van der Waals surface area (Å²) >= 11 is 0. The third-order valence-corrected chi connectivity index (χ3v) is 5.00. The Kier molecular flexibility index (Phi) is 1.89. The molecule has 3 atom stereocenters. The van der Waals surface area contributed by atoms with Crippen LogP contribution in [0.2, 0.25) is 0 Å². The van der Waals surface area contributed by atoms with Gasteiger partial charge in [-0.25, -0.2) is 0 Å². The van der Waals surface area contributed by atoms with Gasteiger partial charge in [-0.1, -0.05) is 0 Å². The molecule has 0 heterocycles. The van der Waals surface area contributed by atoms with Crippen molar-refractivity contribution in [3.05, 3.63) is 0 Å². The molecule has 4 nitrogen and oxygen atoms in total. The highest BCUT2D eigenvalue weighted by Gasteiger charge is 2.63. The summed E-state index contributed by atoms with van der Waals surface area (Å²) in [6, 6.07) is 0. The van der Waals surface area contributed by atoms with Crippen LogP contribution in [0.5, 0.6) is 0 Å².